The highest BCUT2D eigenvalue weighted by atomic mass is 16.6. The minimum Gasteiger partial charge on any atom is -0.461 e. The van der Waals surface area contributed by atoms with Gasteiger partial charge in [0.2, 0.25) is 0 Å². The van der Waals surface area contributed by atoms with E-state index in [1.54, 1.807) is 38.6 Å². The van der Waals surface area contributed by atoms with Gasteiger partial charge in [-0.25, -0.2) is 14.3 Å². The van der Waals surface area contributed by atoms with Crippen LogP contribution >= 0.6 is 0 Å². The second-order valence-electron chi connectivity index (χ2n) is 11.4. The molecule has 226 valence electrons. The van der Waals surface area contributed by atoms with E-state index in [0.717, 1.165) is 11.3 Å². The second-order valence-corrected chi connectivity index (χ2v) is 11.4. The lowest BCUT2D eigenvalue weighted by Gasteiger charge is -2.33. The summed E-state index contributed by atoms with van der Waals surface area (Å²) < 4.78 is 18.5. The molecule has 0 aliphatic carbocycles. The number of ketones is 1. The van der Waals surface area contributed by atoms with Gasteiger partial charge in [-0.3, -0.25) is 9.59 Å². The number of fused-ring (bicyclic) bond motifs is 1. The van der Waals surface area contributed by atoms with Gasteiger partial charge in [0.1, 0.15) is 18.5 Å². The third kappa shape index (κ3) is 7.77. The molecule has 0 radical (unpaired) electrons. The van der Waals surface area contributed by atoms with E-state index >= 15 is 0 Å². The number of esters is 1. The first-order valence-corrected chi connectivity index (χ1v) is 14.5. The van der Waals surface area contributed by atoms with Gasteiger partial charge in [0.15, 0.2) is 5.60 Å². The number of hydrogen-bond donors (Lipinski definition) is 2. The second kappa shape index (κ2) is 13.7. The minimum atomic E-state index is -1.17. The Morgan fingerprint density at radius 1 is 1.17 bits per heavy atom. The van der Waals surface area contributed by atoms with Gasteiger partial charge in [0.05, 0.1) is 17.6 Å². The number of nitrogens with one attached hydrogen (secondary N) is 2. The predicted octanol–water partition coefficient (Wildman–Crippen LogP) is 4.44. The first-order valence-electron chi connectivity index (χ1n) is 14.5. The summed E-state index contributed by atoms with van der Waals surface area (Å²) in [6.07, 6.45) is 7.52. The molecule has 2 fully saturated rings. The molecule has 2 amide bonds. The van der Waals surface area contributed by atoms with Crippen molar-refractivity contribution in [2.45, 2.75) is 71.1 Å². The first kappa shape index (κ1) is 30.8. The molecule has 1 aromatic carbocycles. The van der Waals surface area contributed by atoms with Crippen molar-refractivity contribution in [3.8, 4) is 5.69 Å². The Morgan fingerprint density at radius 3 is 2.64 bits per heavy atom. The summed E-state index contributed by atoms with van der Waals surface area (Å²) in [6.45, 7) is 7.10. The number of Topliss-reactive ketones (excluding diaryl/α,β-unsaturated/α-hetero) is 1. The molecule has 2 saturated heterocycles. The first-order chi connectivity index (χ1) is 20.1. The number of aromatic nitrogens is 2. The molecule has 4 rings (SSSR count). The van der Waals surface area contributed by atoms with Crippen LogP contribution in [-0.4, -0.2) is 64.6 Å². The number of benzene rings is 1. The van der Waals surface area contributed by atoms with E-state index in [1.165, 1.54) is 0 Å². The van der Waals surface area contributed by atoms with Crippen LogP contribution in [0.15, 0.2) is 48.8 Å². The molecule has 0 saturated carbocycles. The largest absolute Gasteiger partial charge is 0.461 e. The zero-order valence-corrected chi connectivity index (χ0v) is 24.6. The number of rotatable bonds is 5. The molecule has 1 unspecified atom stereocenters. The Balaban J connectivity index is 1.35. The number of carbonyl (C=O) groups excluding carboxylic acids is 4. The van der Waals surface area contributed by atoms with E-state index in [9.17, 15) is 19.2 Å². The molecule has 2 aliphatic rings. The number of carbonyl (C=O) groups is 4. The molecular weight excluding hydrogens is 540 g/mol. The minimum absolute atomic E-state index is 0.0932. The molecule has 1 aromatic heterocycles. The van der Waals surface area contributed by atoms with Crippen molar-refractivity contribution in [2.75, 3.05) is 13.2 Å². The van der Waals surface area contributed by atoms with Crippen LogP contribution in [0.5, 0.6) is 0 Å². The highest BCUT2D eigenvalue weighted by Gasteiger charge is 2.51. The monoisotopic (exact) mass is 580 g/mol. The standard InChI is InChI=1S/C31H40N4O7/c1-20-8-5-10-25(18-21(2)26(36)22(3)27-31(4,19-40-28(20)37)42-30(39)34-27)41-29(38)32-15-6-9-23-11-13-24(14-12-23)35-17-7-16-33-35/h6-7,9,11-14,16-17,20-22,25,27H,5,8,10,15,18-19H2,1-4H3,(H,32,38)(H,34,39)/b9-6+/t20-,21-,22?,25+,27-,31-/m1/s1. The smallest absolute Gasteiger partial charge is 0.408 e. The Hall–Kier alpha value is -4.15. The Kier molecular flexibility index (Phi) is 10.0. The molecule has 0 bridgehead atoms. The zero-order valence-electron chi connectivity index (χ0n) is 24.6. The van der Waals surface area contributed by atoms with Crippen LogP contribution in [0.3, 0.4) is 0 Å². The van der Waals surface area contributed by atoms with E-state index in [1.807, 2.05) is 48.7 Å². The van der Waals surface area contributed by atoms with Gasteiger partial charge in [-0.15, -0.1) is 0 Å². The Bertz CT molecular complexity index is 1280. The fourth-order valence-corrected chi connectivity index (χ4v) is 5.52. The number of nitrogens with zero attached hydrogens (tertiary/aromatic N) is 2. The van der Waals surface area contributed by atoms with Gasteiger partial charge in [-0.1, -0.05) is 45.1 Å². The molecular formula is C31H40N4O7. The van der Waals surface area contributed by atoms with E-state index in [0.29, 0.717) is 25.7 Å². The van der Waals surface area contributed by atoms with Crippen molar-refractivity contribution >= 4 is 30.0 Å². The molecule has 2 aromatic rings. The average molecular weight is 581 g/mol. The van der Waals surface area contributed by atoms with E-state index < -0.39 is 47.7 Å². The van der Waals surface area contributed by atoms with Crippen LogP contribution in [-0.2, 0) is 23.8 Å². The summed E-state index contributed by atoms with van der Waals surface area (Å²) >= 11 is 0. The van der Waals surface area contributed by atoms with Crippen molar-refractivity contribution in [1.82, 2.24) is 20.4 Å². The van der Waals surface area contributed by atoms with Gasteiger partial charge in [0.25, 0.3) is 0 Å². The maximum Gasteiger partial charge on any atom is 0.408 e. The lowest BCUT2D eigenvalue weighted by molar-refractivity contribution is -0.155. The Labute approximate surface area is 246 Å². The number of cyclic esters (lactones) is 1. The van der Waals surface area contributed by atoms with Crippen LogP contribution in [0.2, 0.25) is 0 Å². The number of alkyl carbamates (subject to hydrolysis) is 2. The normalized spacial score (nSPS) is 29.1. The number of hydrogen-bond acceptors (Lipinski definition) is 8. The summed E-state index contributed by atoms with van der Waals surface area (Å²) in [5.41, 5.74) is 0.753. The fourth-order valence-electron chi connectivity index (χ4n) is 5.52. The van der Waals surface area contributed by atoms with Crippen LogP contribution in [0, 0.1) is 17.8 Å². The van der Waals surface area contributed by atoms with Gasteiger partial charge >= 0.3 is 18.2 Å². The third-order valence-electron chi connectivity index (χ3n) is 7.98. The Morgan fingerprint density at radius 2 is 1.93 bits per heavy atom. The summed E-state index contributed by atoms with van der Waals surface area (Å²) in [7, 11) is 0. The molecule has 42 heavy (non-hydrogen) atoms. The lowest BCUT2D eigenvalue weighted by atomic mass is 9.80. The van der Waals surface area contributed by atoms with Crippen LogP contribution < -0.4 is 10.6 Å². The molecule has 3 heterocycles. The quantitative estimate of drug-likeness (QED) is 0.391. The molecule has 2 aliphatic heterocycles. The van der Waals surface area contributed by atoms with E-state index in [2.05, 4.69) is 15.7 Å². The topological polar surface area (TPSA) is 138 Å². The molecule has 0 spiro atoms. The average Bonchev–Trinajstić information content (AvgIpc) is 3.61. The van der Waals surface area contributed by atoms with Gasteiger partial charge < -0.3 is 24.8 Å². The van der Waals surface area contributed by atoms with E-state index in [-0.39, 0.29) is 24.9 Å². The number of ether oxygens (including phenoxy) is 3. The molecule has 6 atom stereocenters. The van der Waals surface area contributed by atoms with Crippen molar-refractivity contribution in [3.05, 3.63) is 54.4 Å². The maximum absolute atomic E-state index is 13.4. The zero-order chi connectivity index (χ0) is 30.3. The van der Waals surface area contributed by atoms with Crippen LogP contribution in [0.1, 0.15) is 58.9 Å². The lowest BCUT2D eigenvalue weighted by Crippen LogP contribution is -2.52. The highest BCUT2D eigenvalue weighted by Crippen LogP contribution is 2.32. The predicted molar refractivity (Wildman–Crippen MR) is 155 cm³/mol. The van der Waals surface area contributed by atoms with Gasteiger partial charge in [0, 0.05) is 30.8 Å². The van der Waals surface area contributed by atoms with Crippen molar-refractivity contribution < 1.29 is 33.4 Å². The molecule has 2 N–H and O–H groups in total. The van der Waals surface area contributed by atoms with Crippen LogP contribution in [0.25, 0.3) is 11.8 Å². The SMILES string of the molecule is CC1C(=O)[C@H](C)C[C@@H](OC(=O)NC/C=C/c2ccc(-n3cccn3)cc2)CCC[C@@H](C)C(=O)OC[C@@]2(C)OC(=O)N[C@H]12. The summed E-state index contributed by atoms with van der Waals surface area (Å²) in [6, 6.07) is 9.03. The summed E-state index contributed by atoms with van der Waals surface area (Å²) in [5.74, 6) is -1.93. The summed E-state index contributed by atoms with van der Waals surface area (Å²) in [5, 5.41) is 9.67. The van der Waals surface area contributed by atoms with Crippen molar-refractivity contribution in [1.29, 1.82) is 0 Å². The number of amides is 2. The van der Waals surface area contributed by atoms with Crippen LogP contribution in [0.4, 0.5) is 9.59 Å². The van der Waals surface area contributed by atoms with Gasteiger partial charge in [-0.2, -0.15) is 5.10 Å². The van der Waals surface area contributed by atoms with E-state index in [4.69, 9.17) is 14.2 Å². The van der Waals surface area contributed by atoms with Crippen molar-refractivity contribution in [2.24, 2.45) is 17.8 Å². The highest BCUT2D eigenvalue weighted by molar-refractivity contribution is 5.85. The third-order valence-corrected chi connectivity index (χ3v) is 7.98. The van der Waals surface area contributed by atoms with Crippen molar-refractivity contribution in [3.63, 3.8) is 0 Å². The summed E-state index contributed by atoms with van der Waals surface area (Å²) in [4.78, 5) is 50.8. The van der Waals surface area contributed by atoms with Gasteiger partial charge in [-0.05, 0) is 56.4 Å². The molecule has 11 nitrogen and oxygen atoms in total. The molecule has 11 heteroatoms. The fraction of sp³-hybridized carbons (Fsp3) is 0.516. The maximum atomic E-state index is 13.4.